The number of hydrogen-bond donors (Lipinski definition) is 2. The van der Waals surface area contributed by atoms with E-state index in [9.17, 15) is 9.59 Å². The van der Waals surface area contributed by atoms with Gasteiger partial charge in [-0.2, -0.15) is 4.98 Å². The maximum atomic E-state index is 12.8. The molecule has 36 heavy (non-hydrogen) atoms. The zero-order valence-electron chi connectivity index (χ0n) is 20.8. The molecule has 0 spiro atoms. The highest BCUT2D eigenvalue weighted by Gasteiger charge is 2.24. The molecule has 3 heterocycles. The number of aryl methyl sites for hydroxylation is 2. The second-order valence-electron chi connectivity index (χ2n) is 9.73. The lowest BCUT2D eigenvalue weighted by Gasteiger charge is -2.26. The van der Waals surface area contributed by atoms with Crippen molar-refractivity contribution in [3.8, 4) is 0 Å². The number of nitrogens with zero attached hydrogens (tertiary/aromatic N) is 4. The minimum absolute atomic E-state index is 0.0949. The first kappa shape index (κ1) is 24.4. The lowest BCUT2D eigenvalue weighted by atomic mass is 9.85. The summed E-state index contributed by atoms with van der Waals surface area (Å²) >= 11 is 0. The zero-order valence-corrected chi connectivity index (χ0v) is 20.8. The molecule has 0 bridgehead atoms. The summed E-state index contributed by atoms with van der Waals surface area (Å²) < 4.78 is 7.13. The molecular weight excluding hydrogens is 456 g/mol. The van der Waals surface area contributed by atoms with Crippen LogP contribution in [-0.2, 0) is 22.6 Å². The van der Waals surface area contributed by atoms with E-state index in [1.165, 1.54) is 5.56 Å². The molecule has 5 rings (SSSR count). The van der Waals surface area contributed by atoms with Crippen LogP contribution >= 0.6 is 0 Å². The molecule has 9 heteroatoms. The minimum Gasteiger partial charge on any atom is -0.379 e. The molecule has 0 atom stereocenters. The van der Waals surface area contributed by atoms with Gasteiger partial charge in [0.15, 0.2) is 0 Å². The van der Waals surface area contributed by atoms with Crippen LogP contribution in [0.1, 0.15) is 36.8 Å². The number of benzene rings is 1. The first-order valence-corrected chi connectivity index (χ1v) is 12.9. The van der Waals surface area contributed by atoms with Gasteiger partial charge in [-0.1, -0.05) is 18.6 Å². The smallest absolute Gasteiger partial charge is 0.252 e. The predicted molar refractivity (Wildman–Crippen MR) is 139 cm³/mol. The van der Waals surface area contributed by atoms with Crippen molar-refractivity contribution < 1.29 is 9.53 Å². The number of carbonyl (C=O) groups excluding carboxylic acids is 1. The number of hydrogen-bond acceptors (Lipinski definition) is 7. The van der Waals surface area contributed by atoms with E-state index in [-0.39, 0.29) is 17.4 Å². The summed E-state index contributed by atoms with van der Waals surface area (Å²) in [5.41, 5.74) is 3.47. The molecule has 1 amide bonds. The molecule has 2 aromatic heterocycles. The van der Waals surface area contributed by atoms with Crippen LogP contribution in [0, 0.1) is 12.8 Å². The van der Waals surface area contributed by atoms with Crippen molar-refractivity contribution in [3.05, 3.63) is 58.0 Å². The van der Waals surface area contributed by atoms with Gasteiger partial charge in [0.1, 0.15) is 5.65 Å². The summed E-state index contributed by atoms with van der Waals surface area (Å²) in [7, 11) is 0. The highest BCUT2D eigenvalue weighted by atomic mass is 16.5. The van der Waals surface area contributed by atoms with Crippen molar-refractivity contribution in [3.63, 3.8) is 0 Å². The van der Waals surface area contributed by atoms with Crippen LogP contribution in [0.3, 0.4) is 0 Å². The van der Waals surface area contributed by atoms with E-state index < -0.39 is 0 Å². The predicted octanol–water partition coefficient (Wildman–Crippen LogP) is 2.98. The topological polar surface area (TPSA) is 101 Å². The number of anilines is 2. The van der Waals surface area contributed by atoms with Crippen molar-refractivity contribution >= 4 is 28.6 Å². The summed E-state index contributed by atoms with van der Waals surface area (Å²) in [4.78, 5) is 36.5. The van der Waals surface area contributed by atoms with Crippen molar-refractivity contribution in [2.45, 2.75) is 45.7 Å². The van der Waals surface area contributed by atoms with Gasteiger partial charge in [0.25, 0.3) is 5.56 Å². The Morgan fingerprint density at radius 1 is 1.19 bits per heavy atom. The fourth-order valence-electron chi connectivity index (χ4n) is 4.74. The molecular formula is C27H34N6O3. The quantitative estimate of drug-likeness (QED) is 0.445. The average molecular weight is 491 g/mol. The molecule has 2 N–H and O–H groups in total. The summed E-state index contributed by atoms with van der Waals surface area (Å²) in [5.74, 6) is 0.747. The number of pyridine rings is 1. The number of carbonyl (C=O) groups is 1. The first-order valence-electron chi connectivity index (χ1n) is 12.9. The number of fused-ring (bicyclic) bond motifs is 1. The molecule has 3 aromatic rings. The van der Waals surface area contributed by atoms with Gasteiger partial charge in [0.2, 0.25) is 11.9 Å². The Bertz CT molecular complexity index is 1280. The second kappa shape index (κ2) is 11.2. The largest absolute Gasteiger partial charge is 0.379 e. The molecule has 0 unspecified atom stereocenters. The molecule has 1 aromatic carbocycles. The number of rotatable bonds is 9. The van der Waals surface area contributed by atoms with Gasteiger partial charge in [-0.15, -0.1) is 0 Å². The molecule has 1 aliphatic heterocycles. The lowest BCUT2D eigenvalue weighted by molar-refractivity contribution is -0.127. The Morgan fingerprint density at radius 2 is 2.03 bits per heavy atom. The fraction of sp³-hybridized carbons (Fsp3) is 0.481. The third kappa shape index (κ3) is 5.74. The Kier molecular flexibility index (Phi) is 7.58. The van der Waals surface area contributed by atoms with Crippen LogP contribution in [0.5, 0.6) is 0 Å². The lowest BCUT2D eigenvalue weighted by Crippen LogP contribution is -2.35. The van der Waals surface area contributed by atoms with Gasteiger partial charge in [0.05, 0.1) is 13.2 Å². The van der Waals surface area contributed by atoms with Crippen LogP contribution in [0.25, 0.3) is 11.0 Å². The molecule has 1 aliphatic carbocycles. The van der Waals surface area contributed by atoms with Crippen LogP contribution in [0.15, 0.2) is 41.3 Å². The van der Waals surface area contributed by atoms with E-state index in [0.717, 1.165) is 68.7 Å². The third-order valence-electron chi connectivity index (χ3n) is 7.08. The summed E-state index contributed by atoms with van der Waals surface area (Å²) in [5, 5.41) is 7.16. The maximum absolute atomic E-state index is 12.8. The SMILES string of the molecule is Cc1cc(=O)n(CCCNC(=O)C2CCC2)c2nc(Nc3cccc(CN4CCOCC4)c3)ncc12. The second-order valence-corrected chi connectivity index (χ2v) is 9.73. The average Bonchev–Trinajstić information content (AvgIpc) is 2.83. The Hall–Kier alpha value is -3.30. The molecule has 190 valence electrons. The van der Waals surface area contributed by atoms with E-state index >= 15 is 0 Å². The van der Waals surface area contributed by atoms with Crippen LogP contribution in [0.2, 0.25) is 0 Å². The van der Waals surface area contributed by atoms with E-state index in [2.05, 4.69) is 32.7 Å². The Labute approximate surface area is 210 Å². The molecule has 9 nitrogen and oxygen atoms in total. The first-order chi connectivity index (χ1) is 17.6. The maximum Gasteiger partial charge on any atom is 0.252 e. The van der Waals surface area contributed by atoms with E-state index in [1.54, 1.807) is 16.8 Å². The normalized spacial score (nSPS) is 16.6. The standard InChI is InChI=1S/C27H34N6O3/c1-19-15-24(34)33(10-4-9-28-26(35)21-6-3-7-21)25-23(19)17-29-27(31-25)30-22-8-2-5-20(16-22)18-32-11-13-36-14-12-32/h2,5,8,15-17,21H,3-4,6-7,9-14,18H2,1H3,(H,28,35)(H,29,30,31). The van der Waals surface area contributed by atoms with Crippen LogP contribution < -0.4 is 16.2 Å². The van der Waals surface area contributed by atoms with Crippen molar-refractivity contribution in [1.29, 1.82) is 0 Å². The van der Waals surface area contributed by atoms with Gasteiger partial charge in [-0.25, -0.2) is 4.98 Å². The summed E-state index contributed by atoms with van der Waals surface area (Å²) in [6.07, 6.45) is 5.53. The van der Waals surface area contributed by atoms with Gasteiger partial charge in [-0.3, -0.25) is 19.1 Å². The monoisotopic (exact) mass is 490 g/mol. The van der Waals surface area contributed by atoms with E-state index in [0.29, 0.717) is 31.1 Å². The van der Waals surface area contributed by atoms with Crippen molar-refractivity contribution in [2.75, 3.05) is 38.2 Å². The summed E-state index contributed by atoms with van der Waals surface area (Å²) in [6.45, 7) is 7.22. The fourth-order valence-corrected chi connectivity index (χ4v) is 4.74. The molecule has 0 radical (unpaired) electrons. The molecule has 2 fully saturated rings. The number of aromatic nitrogens is 3. The van der Waals surface area contributed by atoms with E-state index in [1.807, 2.05) is 19.1 Å². The minimum atomic E-state index is -0.0949. The number of amides is 1. The van der Waals surface area contributed by atoms with Crippen LogP contribution in [-0.4, -0.2) is 58.2 Å². The Balaban J connectivity index is 1.29. The van der Waals surface area contributed by atoms with Gasteiger partial charge >= 0.3 is 0 Å². The van der Waals surface area contributed by atoms with Crippen molar-refractivity contribution in [1.82, 2.24) is 24.8 Å². The van der Waals surface area contributed by atoms with Gasteiger partial charge < -0.3 is 15.4 Å². The van der Waals surface area contributed by atoms with Crippen molar-refractivity contribution in [2.24, 2.45) is 5.92 Å². The zero-order chi connectivity index (χ0) is 24.9. The van der Waals surface area contributed by atoms with Gasteiger partial charge in [-0.05, 0) is 49.4 Å². The number of nitrogens with one attached hydrogen (secondary N) is 2. The number of morpholine rings is 1. The van der Waals surface area contributed by atoms with Gasteiger partial charge in [0, 0.05) is 62.0 Å². The number of ether oxygens (including phenoxy) is 1. The van der Waals surface area contributed by atoms with E-state index in [4.69, 9.17) is 9.72 Å². The molecule has 1 saturated carbocycles. The third-order valence-corrected chi connectivity index (χ3v) is 7.08. The highest BCUT2D eigenvalue weighted by Crippen LogP contribution is 2.26. The highest BCUT2D eigenvalue weighted by molar-refractivity contribution is 5.80. The Morgan fingerprint density at radius 3 is 2.81 bits per heavy atom. The summed E-state index contributed by atoms with van der Waals surface area (Å²) in [6, 6.07) is 9.87. The molecule has 2 aliphatic rings. The molecule has 1 saturated heterocycles. The van der Waals surface area contributed by atoms with Crippen LogP contribution in [0.4, 0.5) is 11.6 Å².